The average Bonchev–Trinajstić information content (AvgIpc) is 2.97. The number of piperazine rings is 1. The summed E-state index contributed by atoms with van der Waals surface area (Å²) in [5, 5.41) is 0. The molecule has 3 heterocycles. The number of hydrogen-bond acceptors (Lipinski definition) is 4. The zero-order chi connectivity index (χ0) is 18.1. The van der Waals surface area contributed by atoms with E-state index < -0.39 is 0 Å². The summed E-state index contributed by atoms with van der Waals surface area (Å²) in [6.45, 7) is 7.25. The fourth-order valence-corrected chi connectivity index (χ4v) is 4.20. The molecule has 0 aliphatic carbocycles. The lowest BCUT2D eigenvalue weighted by Crippen LogP contribution is -3.29. The maximum atomic E-state index is 12.9. The Balaban J connectivity index is 1.46. The van der Waals surface area contributed by atoms with Gasteiger partial charge in [0.15, 0.2) is 6.04 Å². The van der Waals surface area contributed by atoms with Gasteiger partial charge in [-0.05, 0) is 24.3 Å². The van der Waals surface area contributed by atoms with Crippen LogP contribution >= 0.6 is 0 Å². The van der Waals surface area contributed by atoms with Gasteiger partial charge in [-0.25, -0.2) is 4.90 Å². The number of rotatable bonds is 3. The van der Waals surface area contributed by atoms with Crippen LogP contribution in [0.4, 0.5) is 11.4 Å². The van der Waals surface area contributed by atoms with Crippen molar-refractivity contribution in [1.29, 1.82) is 0 Å². The lowest BCUT2D eigenvalue weighted by Gasteiger charge is -2.30. The number of quaternary nitrogens is 2. The molecule has 3 fully saturated rings. The number of carbonyl (C=O) groups is 2. The Morgan fingerprint density at radius 3 is 2.23 bits per heavy atom. The minimum absolute atomic E-state index is 0.0383. The molecule has 0 radical (unpaired) electrons. The van der Waals surface area contributed by atoms with Crippen molar-refractivity contribution in [3.8, 4) is 0 Å². The summed E-state index contributed by atoms with van der Waals surface area (Å²) >= 11 is 0. The van der Waals surface area contributed by atoms with Crippen LogP contribution in [0.1, 0.15) is 6.42 Å². The Morgan fingerprint density at radius 2 is 1.58 bits per heavy atom. The van der Waals surface area contributed by atoms with E-state index in [1.54, 1.807) is 0 Å². The van der Waals surface area contributed by atoms with Crippen LogP contribution in [0.15, 0.2) is 24.3 Å². The highest BCUT2D eigenvalue weighted by Crippen LogP contribution is 2.25. The average molecular weight is 360 g/mol. The molecule has 0 saturated carbocycles. The Morgan fingerprint density at radius 1 is 0.962 bits per heavy atom. The molecule has 1 atom stereocenters. The van der Waals surface area contributed by atoms with Gasteiger partial charge in [-0.1, -0.05) is 0 Å². The fraction of sp³-hybridized carbons (Fsp3) is 0.579. The Bertz CT molecular complexity index is 664. The molecule has 2 N–H and O–H groups in total. The normalized spacial score (nSPS) is 30.1. The molecule has 7 heteroatoms. The van der Waals surface area contributed by atoms with Crippen molar-refractivity contribution >= 4 is 23.2 Å². The lowest BCUT2D eigenvalue weighted by atomic mass is 10.2. The van der Waals surface area contributed by atoms with E-state index in [1.807, 2.05) is 24.3 Å². The highest BCUT2D eigenvalue weighted by molar-refractivity contribution is 6.21. The quantitative estimate of drug-likeness (QED) is 0.589. The zero-order valence-electron chi connectivity index (χ0n) is 15.4. The predicted octanol–water partition coefficient (Wildman–Crippen LogP) is -2.43. The second kappa shape index (κ2) is 7.34. The minimum atomic E-state index is -0.213. The van der Waals surface area contributed by atoms with Gasteiger partial charge in [0.25, 0.3) is 5.91 Å². The Kier molecular flexibility index (Phi) is 4.93. The number of likely N-dealkylation sites (N-methyl/N-ethyl adjacent to an activating group) is 1. The molecule has 4 rings (SSSR count). The van der Waals surface area contributed by atoms with Crippen molar-refractivity contribution < 1.29 is 24.1 Å². The number of benzene rings is 1. The standard InChI is InChI=1S/C19H26N4O3/c1-20-6-8-22(9-7-20)17-14-18(24)23(19(17)25)16-4-2-15(3-5-16)21-10-12-26-13-11-21/h2-5,17H,6-14H2,1H3/p+2. The van der Waals surface area contributed by atoms with E-state index in [4.69, 9.17) is 4.74 Å². The number of carbonyl (C=O) groups excluding carboxylic acids is 2. The van der Waals surface area contributed by atoms with Gasteiger partial charge < -0.3 is 19.4 Å². The molecule has 0 aromatic heterocycles. The molecule has 0 bridgehead atoms. The van der Waals surface area contributed by atoms with E-state index in [0.717, 1.165) is 58.2 Å². The number of imide groups is 1. The number of hydrogen-bond donors (Lipinski definition) is 2. The van der Waals surface area contributed by atoms with Crippen molar-refractivity contribution in [3.05, 3.63) is 24.3 Å². The first-order valence-corrected chi connectivity index (χ1v) is 9.59. The SMILES string of the molecule is C[NH+]1CC[NH+](C2CC(=O)N(c3ccc(N4CCOCC4)cc3)C2=O)CC1. The first-order valence-electron chi connectivity index (χ1n) is 9.59. The smallest absolute Gasteiger partial charge is 0.292 e. The van der Waals surface area contributed by atoms with Gasteiger partial charge in [0.05, 0.1) is 32.4 Å². The number of anilines is 2. The monoisotopic (exact) mass is 360 g/mol. The molecule has 3 saturated heterocycles. The predicted molar refractivity (Wildman–Crippen MR) is 97.7 cm³/mol. The second-order valence-corrected chi connectivity index (χ2v) is 7.56. The Labute approximate surface area is 154 Å². The van der Waals surface area contributed by atoms with Crippen LogP contribution < -0.4 is 19.6 Å². The molecule has 2 amide bonds. The molecule has 1 aromatic rings. The van der Waals surface area contributed by atoms with Gasteiger partial charge in [-0.2, -0.15) is 0 Å². The molecular formula is C19H28N4O3+2. The summed E-state index contributed by atoms with van der Waals surface area (Å²) in [5.41, 5.74) is 1.80. The van der Waals surface area contributed by atoms with Gasteiger partial charge in [0, 0.05) is 18.8 Å². The van der Waals surface area contributed by atoms with Gasteiger partial charge in [-0.3, -0.25) is 9.59 Å². The van der Waals surface area contributed by atoms with E-state index >= 15 is 0 Å². The molecule has 1 unspecified atom stereocenters. The van der Waals surface area contributed by atoms with Crippen molar-refractivity contribution in [2.24, 2.45) is 0 Å². The van der Waals surface area contributed by atoms with E-state index in [-0.39, 0.29) is 17.9 Å². The summed E-state index contributed by atoms with van der Waals surface area (Å²) in [6, 6.07) is 7.58. The first kappa shape index (κ1) is 17.5. The van der Waals surface area contributed by atoms with E-state index in [2.05, 4.69) is 11.9 Å². The molecule has 3 aliphatic rings. The molecule has 3 aliphatic heterocycles. The van der Waals surface area contributed by atoms with Crippen molar-refractivity contribution in [3.63, 3.8) is 0 Å². The van der Waals surface area contributed by atoms with Crippen LogP contribution in [-0.2, 0) is 14.3 Å². The third-order valence-corrected chi connectivity index (χ3v) is 5.87. The maximum Gasteiger partial charge on any atom is 0.292 e. The number of ether oxygens (including phenoxy) is 1. The van der Waals surface area contributed by atoms with Crippen LogP contribution in [-0.4, -0.2) is 77.4 Å². The number of morpholine rings is 1. The van der Waals surface area contributed by atoms with E-state index in [0.29, 0.717) is 12.1 Å². The third kappa shape index (κ3) is 3.34. The largest absolute Gasteiger partial charge is 0.378 e. The molecule has 7 nitrogen and oxygen atoms in total. The number of amides is 2. The minimum Gasteiger partial charge on any atom is -0.378 e. The molecule has 26 heavy (non-hydrogen) atoms. The fourth-order valence-electron chi connectivity index (χ4n) is 4.20. The van der Waals surface area contributed by atoms with Gasteiger partial charge in [0.1, 0.15) is 26.2 Å². The van der Waals surface area contributed by atoms with Crippen LogP contribution in [0.2, 0.25) is 0 Å². The number of nitrogens with one attached hydrogen (secondary N) is 2. The summed E-state index contributed by atoms with van der Waals surface area (Å²) in [6.07, 6.45) is 0.332. The highest BCUT2D eigenvalue weighted by atomic mass is 16.5. The van der Waals surface area contributed by atoms with Gasteiger partial charge in [0.2, 0.25) is 5.91 Å². The summed E-state index contributed by atoms with van der Waals surface area (Å²) in [7, 11) is 2.18. The van der Waals surface area contributed by atoms with E-state index in [9.17, 15) is 9.59 Å². The Hall–Kier alpha value is -1.96. The summed E-state index contributed by atoms with van der Waals surface area (Å²) in [5.74, 6) is -0.110. The van der Waals surface area contributed by atoms with Crippen LogP contribution in [0.5, 0.6) is 0 Å². The molecule has 1 aromatic carbocycles. The van der Waals surface area contributed by atoms with Crippen LogP contribution in [0, 0.1) is 0 Å². The zero-order valence-corrected chi connectivity index (χ0v) is 15.4. The number of nitrogens with zero attached hydrogens (tertiary/aromatic N) is 2. The van der Waals surface area contributed by atoms with Crippen molar-refractivity contribution in [1.82, 2.24) is 0 Å². The first-order chi connectivity index (χ1) is 12.6. The summed E-state index contributed by atoms with van der Waals surface area (Å²) in [4.78, 5) is 31.9. The molecular weight excluding hydrogens is 332 g/mol. The molecule has 0 spiro atoms. The maximum absolute atomic E-state index is 12.9. The van der Waals surface area contributed by atoms with Crippen LogP contribution in [0.3, 0.4) is 0 Å². The van der Waals surface area contributed by atoms with E-state index in [1.165, 1.54) is 14.7 Å². The summed E-state index contributed by atoms with van der Waals surface area (Å²) < 4.78 is 5.39. The van der Waals surface area contributed by atoms with Gasteiger partial charge in [-0.15, -0.1) is 0 Å². The topological polar surface area (TPSA) is 58.7 Å². The lowest BCUT2D eigenvalue weighted by molar-refractivity contribution is -1.01. The third-order valence-electron chi connectivity index (χ3n) is 5.87. The molecule has 140 valence electrons. The van der Waals surface area contributed by atoms with Crippen LogP contribution in [0.25, 0.3) is 0 Å². The van der Waals surface area contributed by atoms with Gasteiger partial charge >= 0.3 is 0 Å². The second-order valence-electron chi connectivity index (χ2n) is 7.56. The highest BCUT2D eigenvalue weighted by Gasteiger charge is 2.46. The van der Waals surface area contributed by atoms with Crippen molar-refractivity contribution in [2.45, 2.75) is 12.5 Å². The van der Waals surface area contributed by atoms with Crippen molar-refractivity contribution in [2.75, 3.05) is 69.3 Å².